The lowest BCUT2D eigenvalue weighted by Crippen LogP contribution is -2.30. The number of carbonyl (C=O) groups is 2. The van der Waals surface area contributed by atoms with Crippen LogP contribution in [0.15, 0.2) is 42.5 Å². The summed E-state index contributed by atoms with van der Waals surface area (Å²) in [5.41, 5.74) is -1.52. The molecule has 9 heteroatoms. The highest BCUT2D eigenvalue weighted by Crippen LogP contribution is 2.36. The van der Waals surface area contributed by atoms with Gasteiger partial charge in [0.05, 0.1) is 24.0 Å². The van der Waals surface area contributed by atoms with Crippen LogP contribution >= 0.6 is 11.6 Å². The highest BCUT2D eigenvalue weighted by atomic mass is 35.5. The molecule has 0 heterocycles. The molecule has 2 rings (SSSR count). The van der Waals surface area contributed by atoms with Crippen molar-refractivity contribution < 1.29 is 27.5 Å². The van der Waals surface area contributed by atoms with Crippen LogP contribution in [-0.4, -0.2) is 18.9 Å². The van der Waals surface area contributed by atoms with E-state index < -0.39 is 29.2 Å². The molecule has 0 spiro atoms. The number of anilines is 2. The molecule has 0 radical (unpaired) electrons. The molecule has 0 fully saturated rings. The maximum atomic E-state index is 13.0. The van der Waals surface area contributed by atoms with Gasteiger partial charge in [-0.25, -0.2) is 0 Å². The standard InChI is InChI=1S/C16H12ClF3N2O3/c1-25-13-5-3-2-4-12(13)22-15(24)14(23)21-11-7-6-9(17)8-10(11)16(18,19)20/h2-8H,1H3,(H,21,23)(H,22,24). The summed E-state index contributed by atoms with van der Waals surface area (Å²) in [6.45, 7) is 0. The molecule has 2 amide bonds. The number of hydrogen-bond donors (Lipinski definition) is 2. The minimum absolute atomic E-state index is 0.149. The van der Waals surface area contributed by atoms with E-state index in [1.54, 1.807) is 18.2 Å². The maximum absolute atomic E-state index is 13.0. The predicted octanol–water partition coefficient (Wildman–Crippen LogP) is 3.94. The van der Waals surface area contributed by atoms with Crippen molar-refractivity contribution in [3.05, 3.63) is 53.1 Å². The molecule has 0 saturated carbocycles. The summed E-state index contributed by atoms with van der Waals surface area (Å²) in [7, 11) is 1.37. The van der Waals surface area contributed by atoms with Gasteiger partial charge in [-0.05, 0) is 30.3 Å². The molecule has 0 bridgehead atoms. The first-order valence-electron chi connectivity index (χ1n) is 6.84. The molecule has 5 nitrogen and oxygen atoms in total. The van der Waals surface area contributed by atoms with Crippen LogP contribution in [-0.2, 0) is 15.8 Å². The highest BCUT2D eigenvalue weighted by molar-refractivity contribution is 6.44. The second-order valence-electron chi connectivity index (χ2n) is 4.80. The first kappa shape index (κ1) is 18.6. The van der Waals surface area contributed by atoms with Gasteiger partial charge in [-0.1, -0.05) is 23.7 Å². The fourth-order valence-corrected chi connectivity index (χ4v) is 2.14. The summed E-state index contributed by atoms with van der Waals surface area (Å²) in [5, 5.41) is 4.05. The molecule has 0 unspecified atom stereocenters. The van der Waals surface area contributed by atoms with Crippen molar-refractivity contribution in [2.75, 3.05) is 17.7 Å². The normalized spacial score (nSPS) is 10.9. The van der Waals surface area contributed by atoms with Gasteiger partial charge in [0, 0.05) is 5.02 Å². The minimum Gasteiger partial charge on any atom is -0.495 e. The molecule has 0 aliphatic carbocycles. The monoisotopic (exact) mass is 372 g/mol. The smallest absolute Gasteiger partial charge is 0.418 e. The Morgan fingerprint density at radius 2 is 1.60 bits per heavy atom. The molecule has 2 aromatic rings. The van der Waals surface area contributed by atoms with Crippen molar-refractivity contribution >= 4 is 34.8 Å². The average Bonchev–Trinajstić information content (AvgIpc) is 2.56. The van der Waals surface area contributed by atoms with Gasteiger partial charge in [0.25, 0.3) is 0 Å². The summed E-state index contributed by atoms with van der Waals surface area (Å²) in [5.74, 6) is -2.11. The zero-order valence-corrected chi connectivity index (χ0v) is 13.5. The van der Waals surface area contributed by atoms with Gasteiger partial charge < -0.3 is 15.4 Å². The van der Waals surface area contributed by atoms with Crippen LogP contribution in [0.25, 0.3) is 0 Å². The largest absolute Gasteiger partial charge is 0.495 e. The number of carbonyl (C=O) groups excluding carboxylic acids is 2. The molecule has 2 N–H and O–H groups in total. The number of benzene rings is 2. The van der Waals surface area contributed by atoms with E-state index in [1.165, 1.54) is 19.2 Å². The maximum Gasteiger partial charge on any atom is 0.418 e. The molecular formula is C16H12ClF3N2O3. The van der Waals surface area contributed by atoms with Gasteiger partial charge in [-0.15, -0.1) is 0 Å². The average molecular weight is 373 g/mol. The van der Waals surface area contributed by atoms with Gasteiger partial charge in [0.2, 0.25) is 0 Å². The number of hydrogen-bond acceptors (Lipinski definition) is 3. The van der Waals surface area contributed by atoms with Crippen LogP contribution in [0, 0.1) is 0 Å². The highest BCUT2D eigenvalue weighted by Gasteiger charge is 2.34. The number of nitrogens with one attached hydrogen (secondary N) is 2. The van der Waals surface area contributed by atoms with E-state index >= 15 is 0 Å². The molecule has 25 heavy (non-hydrogen) atoms. The van der Waals surface area contributed by atoms with E-state index in [2.05, 4.69) is 5.32 Å². The molecule has 0 aliphatic heterocycles. The molecule has 0 atom stereocenters. The van der Waals surface area contributed by atoms with Crippen LogP contribution in [0.3, 0.4) is 0 Å². The van der Waals surface area contributed by atoms with Gasteiger partial charge in [0.15, 0.2) is 0 Å². The van der Waals surface area contributed by atoms with Crippen molar-refractivity contribution in [1.82, 2.24) is 0 Å². The lowest BCUT2D eigenvalue weighted by molar-refractivity contribution is -0.137. The van der Waals surface area contributed by atoms with Crippen LogP contribution < -0.4 is 15.4 Å². The Kier molecular flexibility index (Phi) is 5.53. The Morgan fingerprint density at radius 1 is 1.00 bits per heavy atom. The number of amides is 2. The number of halogens is 4. The zero-order chi connectivity index (χ0) is 18.6. The lowest BCUT2D eigenvalue weighted by atomic mass is 10.1. The Hall–Kier alpha value is -2.74. The first-order valence-corrected chi connectivity index (χ1v) is 7.22. The second-order valence-corrected chi connectivity index (χ2v) is 5.23. The third kappa shape index (κ3) is 4.63. The Morgan fingerprint density at radius 3 is 2.20 bits per heavy atom. The van der Waals surface area contributed by atoms with Gasteiger partial charge in [-0.3, -0.25) is 9.59 Å². The van der Waals surface area contributed by atoms with Crippen molar-refractivity contribution in [2.24, 2.45) is 0 Å². The van der Waals surface area contributed by atoms with E-state index in [9.17, 15) is 22.8 Å². The van der Waals surface area contributed by atoms with Crippen molar-refractivity contribution in [2.45, 2.75) is 6.18 Å². The Bertz CT molecular complexity index is 809. The van der Waals surface area contributed by atoms with E-state index in [1.807, 2.05) is 5.32 Å². The van der Waals surface area contributed by atoms with Crippen LogP contribution in [0.5, 0.6) is 5.75 Å². The topological polar surface area (TPSA) is 67.4 Å². The van der Waals surface area contributed by atoms with Crippen LogP contribution in [0.2, 0.25) is 5.02 Å². The molecule has 0 saturated heterocycles. The number of rotatable bonds is 3. The van der Waals surface area contributed by atoms with E-state index in [-0.39, 0.29) is 10.7 Å². The molecule has 132 valence electrons. The Balaban J connectivity index is 2.18. The summed E-state index contributed by atoms with van der Waals surface area (Å²) < 4.78 is 44.0. The summed E-state index contributed by atoms with van der Waals surface area (Å²) in [6, 6.07) is 9.08. The molecule has 2 aromatic carbocycles. The number of methoxy groups -OCH3 is 1. The van der Waals surface area contributed by atoms with Gasteiger partial charge in [-0.2, -0.15) is 13.2 Å². The van der Waals surface area contributed by atoms with Crippen LogP contribution in [0.4, 0.5) is 24.5 Å². The van der Waals surface area contributed by atoms with Crippen molar-refractivity contribution in [1.29, 1.82) is 0 Å². The zero-order valence-electron chi connectivity index (χ0n) is 12.8. The van der Waals surface area contributed by atoms with E-state index in [0.717, 1.165) is 6.07 Å². The SMILES string of the molecule is COc1ccccc1NC(=O)C(=O)Nc1ccc(Cl)cc1C(F)(F)F. The summed E-state index contributed by atoms with van der Waals surface area (Å²) >= 11 is 5.56. The quantitative estimate of drug-likeness (QED) is 0.802. The van der Waals surface area contributed by atoms with Crippen molar-refractivity contribution in [3.8, 4) is 5.75 Å². The predicted molar refractivity (Wildman–Crippen MR) is 86.7 cm³/mol. The fourth-order valence-electron chi connectivity index (χ4n) is 1.97. The minimum atomic E-state index is -4.74. The second kappa shape index (κ2) is 7.43. The first-order chi connectivity index (χ1) is 11.7. The summed E-state index contributed by atoms with van der Waals surface area (Å²) in [4.78, 5) is 23.8. The third-order valence-electron chi connectivity index (χ3n) is 3.10. The van der Waals surface area contributed by atoms with Crippen LogP contribution in [0.1, 0.15) is 5.56 Å². The number of para-hydroxylation sites is 2. The summed E-state index contributed by atoms with van der Waals surface area (Å²) in [6.07, 6.45) is -4.74. The molecule has 0 aliphatic rings. The third-order valence-corrected chi connectivity index (χ3v) is 3.33. The fraction of sp³-hybridized carbons (Fsp3) is 0.125. The van der Waals surface area contributed by atoms with Crippen molar-refractivity contribution in [3.63, 3.8) is 0 Å². The van der Waals surface area contributed by atoms with Gasteiger partial charge >= 0.3 is 18.0 Å². The number of ether oxygens (including phenoxy) is 1. The van der Waals surface area contributed by atoms with E-state index in [0.29, 0.717) is 11.8 Å². The lowest BCUT2D eigenvalue weighted by Gasteiger charge is -2.14. The Labute approximate surface area is 145 Å². The molecule has 0 aromatic heterocycles. The van der Waals surface area contributed by atoms with Gasteiger partial charge in [0.1, 0.15) is 5.75 Å². The number of alkyl halides is 3. The van der Waals surface area contributed by atoms with E-state index in [4.69, 9.17) is 16.3 Å². The molecular weight excluding hydrogens is 361 g/mol.